The molecule has 0 atom stereocenters. The minimum atomic E-state index is -0.536. The van der Waals surface area contributed by atoms with Crippen LogP contribution < -0.4 is 5.32 Å². The van der Waals surface area contributed by atoms with Crippen molar-refractivity contribution in [3.63, 3.8) is 0 Å². The lowest BCUT2D eigenvalue weighted by molar-refractivity contribution is -0.384. The van der Waals surface area contributed by atoms with Gasteiger partial charge in [0.1, 0.15) is 11.2 Å². The number of carbonyl (C=O) groups excluding carboxylic acids is 1. The Morgan fingerprint density at radius 2 is 1.96 bits per heavy atom. The summed E-state index contributed by atoms with van der Waals surface area (Å²) in [6, 6.07) is 10.8. The molecule has 1 amide bonds. The van der Waals surface area contributed by atoms with Gasteiger partial charge in [-0.25, -0.2) is 9.97 Å². The molecule has 0 aliphatic heterocycles. The quantitative estimate of drug-likeness (QED) is 0.319. The van der Waals surface area contributed by atoms with Crippen LogP contribution in [0.4, 0.5) is 11.4 Å². The largest absolute Gasteiger partial charge is 0.426 e. The van der Waals surface area contributed by atoms with Gasteiger partial charge in [-0.3, -0.25) is 14.9 Å². The molecular weight excluding hydrogens is 364 g/mol. The molecule has 0 fully saturated rings. The molecule has 0 saturated carbocycles. The van der Waals surface area contributed by atoms with Crippen LogP contribution in [-0.2, 0) is 7.05 Å². The molecular formula is C18H14N6O4. The van der Waals surface area contributed by atoms with Gasteiger partial charge in [0.15, 0.2) is 5.82 Å². The number of nitrogens with zero attached hydrogens (tertiary/aromatic N) is 5. The molecule has 0 spiro atoms. The molecule has 0 aliphatic carbocycles. The third kappa shape index (κ3) is 2.92. The smallest absolute Gasteiger partial charge is 0.273 e. The van der Waals surface area contributed by atoms with Crippen LogP contribution in [0.25, 0.3) is 22.4 Å². The number of aryl methyl sites for hydroxylation is 1. The van der Waals surface area contributed by atoms with Crippen molar-refractivity contribution < 1.29 is 14.9 Å². The lowest BCUT2D eigenvalue weighted by Crippen LogP contribution is -2.15. The molecule has 10 nitrogen and oxygen atoms in total. The molecule has 140 valence electrons. The number of nitrogens with one attached hydrogen (secondary N) is 1. The van der Waals surface area contributed by atoms with Crippen molar-refractivity contribution >= 4 is 28.3 Å². The summed E-state index contributed by atoms with van der Waals surface area (Å²) in [6.07, 6.45) is 3.01. The van der Waals surface area contributed by atoms with Gasteiger partial charge in [0.25, 0.3) is 11.6 Å². The predicted octanol–water partition coefficient (Wildman–Crippen LogP) is 2.83. The Balaban J connectivity index is 1.62. The SMILES string of the molecule is Cn1cncc1C(=O)Nc1ccc(-c2nc3ccc([N+](=O)[O-])cc3n2O)cc1. The standard InChI is InChI=1S/C18H14N6O4/c1-22-10-19-9-16(22)18(25)20-12-4-2-11(3-5-12)17-21-14-7-6-13(24(27)28)8-15(14)23(17)26/h2-10,26H,1H3,(H,20,25). The number of rotatable bonds is 4. The first-order chi connectivity index (χ1) is 13.4. The van der Waals surface area contributed by atoms with Crippen LogP contribution in [0.5, 0.6) is 0 Å². The molecule has 28 heavy (non-hydrogen) atoms. The molecule has 0 radical (unpaired) electrons. The zero-order chi connectivity index (χ0) is 19.8. The number of hydrogen-bond acceptors (Lipinski definition) is 6. The molecule has 10 heteroatoms. The summed E-state index contributed by atoms with van der Waals surface area (Å²) in [4.78, 5) is 30.8. The van der Waals surface area contributed by atoms with Gasteiger partial charge in [0.2, 0.25) is 0 Å². The highest BCUT2D eigenvalue weighted by molar-refractivity contribution is 6.03. The lowest BCUT2D eigenvalue weighted by atomic mass is 10.2. The topological polar surface area (TPSA) is 128 Å². The lowest BCUT2D eigenvalue weighted by Gasteiger charge is -2.07. The van der Waals surface area contributed by atoms with E-state index in [0.29, 0.717) is 22.5 Å². The highest BCUT2D eigenvalue weighted by Crippen LogP contribution is 2.27. The molecule has 0 aliphatic rings. The molecule has 2 heterocycles. The van der Waals surface area contributed by atoms with Crippen LogP contribution in [-0.4, -0.2) is 35.3 Å². The van der Waals surface area contributed by atoms with E-state index in [-0.39, 0.29) is 22.9 Å². The number of fused-ring (bicyclic) bond motifs is 1. The van der Waals surface area contributed by atoms with E-state index in [1.165, 1.54) is 30.7 Å². The first-order valence-corrected chi connectivity index (χ1v) is 8.18. The third-order valence-corrected chi connectivity index (χ3v) is 4.28. The number of carbonyl (C=O) groups is 1. The van der Waals surface area contributed by atoms with Crippen LogP contribution in [0.15, 0.2) is 55.0 Å². The van der Waals surface area contributed by atoms with Gasteiger partial charge in [-0.05, 0) is 30.3 Å². The maximum atomic E-state index is 12.2. The van der Waals surface area contributed by atoms with Crippen molar-refractivity contribution in [1.82, 2.24) is 19.3 Å². The zero-order valence-electron chi connectivity index (χ0n) is 14.6. The minimum absolute atomic E-state index is 0.137. The summed E-state index contributed by atoms with van der Waals surface area (Å²) in [7, 11) is 1.72. The number of nitro groups is 1. The van der Waals surface area contributed by atoms with Crippen molar-refractivity contribution in [2.24, 2.45) is 7.05 Å². The van der Waals surface area contributed by atoms with Gasteiger partial charge in [0.05, 0.1) is 23.0 Å². The molecule has 0 unspecified atom stereocenters. The van der Waals surface area contributed by atoms with Crippen LogP contribution in [0.1, 0.15) is 10.5 Å². The second-order valence-corrected chi connectivity index (χ2v) is 6.10. The van der Waals surface area contributed by atoms with Crippen molar-refractivity contribution in [2.75, 3.05) is 5.32 Å². The highest BCUT2D eigenvalue weighted by atomic mass is 16.6. The summed E-state index contributed by atoms with van der Waals surface area (Å²) in [5, 5.41) is 24.1. The van der Waals surface area contributed by atoms with Crippen molar-refractivity contribution in [1.29, 1.82) is 0 Å². The molecule has 2 aromatic carbocycles. The number of aromatic nitrogens is 4. The van der Waals surface area contributed by atoms with Gasteiger partial charge in [-0.2, -0.15) is 4.73 Å². The second-order valence-electron chi connectivity index (χ2n) is 6.10. The summed E-state index contributed by atoms with van der Waals surface area (Å²) in [6.45, 7) is 0. The fourth-order valence-electron chi connectivity index (χ4n) is 2.83. The monoisotopic (exact) mass is 378 g/mol. The van der Waals surface area contributed by atoms with E-state index in [1.807, 2.05) is 0 Å². The number of nitro benzene ring substituents is 1. The Morgan fingerprint density at radius 1 is 1.21 bits per heavy atom. The maximum Gasteiger partial charge on any atom is 0.273 e. The van der Waals surface area contributed by atoms with E-state index in [1.54, 1.807) is 35.9 Å². The van der Waals surface area contributed by atoms with E-state index >= 15 is 0 Å². The Hall–Kier alpha value is -4.21. The van der Waals surface area contributed by atoms with Crippen molar-refractivity contribution in [2.45, 2.75) is 0 Å². The van der Waals surface area contributed by atoms with Gasteiger partial charge >= 0.3 is 0 Å². The number of non-ortho nitro benzene ring substituents is 1. The van der Waals surface area contributed by atoms with Crippen LogP contribution in [0.3, 0.4) is 0 Å². The van der Waals surface area contributed by atoms with Gasteiger partial charge in [-0.15, -0.1) is 0 Å². The van der Waals surface area contributed by atoms with Crippen LogP contribution in [0, 0.1) is 10.1 Å². The first-order valence-electron chi connectivity index (χ1n) is 8.18. The predicted molar refractivity (Wildman–Crippen MR) is 100 cm³/mol. The molecule has 0 saturated heterocycles. The molecule has 2 aromatic heterocycles. The van der Waals surface area contributed by atoms with E-state index in [0.717, 1.165) is 4.73 Å². The Bertz CT molecular complexity index is 1210. The third-order valence-electron chi connectivity index (χ3n) is 4.28. The molecule has 2 N–H and O–H groups in total. The van der Waals surface area contributed by atoms with Gasteiger partial charge in [0, 0.05) is 30.4 Å². The summed E-state index contributed by atoms with van der Waals surface area (Å²) < 4.78 is 2.42. The number of amides is 1. The summed E-state index contributed by atoms with van der Waals surface area (Å²) >= 11 is 0. The van der Waals surface area contributed by atoms with Crippen LogP contribution in [0.2, 0.25) is 0 Å². The fraction of sp³-hybridized carbons (Fsp3) is 0.0556. The van der Waals surface area contributed by atoms with Crippen molar-refractivity contribution in [3.8, 4) is 11.4 Å². The molecule has 0 bridgehead atoms. The maximum absolute atomic E-state index is 12.2. The van der Waals surface area contributed by atoms with Crippen LogP contribution >= 0.6 is 0 Å². The zero-order valence-corrected chi connectivity index (χ0v) is 14.6. The average molecular weight is 378 g/mol. The van der Waals surface area contributed by atoms with E-state index < -0.39 is 4.92 Å². The normalized spacial score (nSPS) is 10.9. The summed E-state index contributed by atoms with van der Waals surface area (Å²) in [5.41, 5.74) is 2.09. The second kappa shape index (κ2) is 6.50. The number of benzene rings is 2. The van der Waals surface area contributed by atoms with Gasteiger partial charge in [-0.1, -0.05) is 0 Å². The number of hydrogen-bond donors (Lipinski definition) is 2. The Morgan fingerprint density at radius 3 is 2.61 bits per heavy atom. The van der Waals surface area contributed by atoms with E-state index in [9.17, 15) is 20.1 Å². The number of anilines is 1. The number of imidazole rings is 2. The molecule has 4 aromatic rings. The first kappa shape index (κ1) is 17.2. The average Bonchev–Trinajstić information content (AvgIpc) is 3.25. The van der Waals surface area contributed by atoms with Gasteiger partial charge < -0.3 is 15.1 Å². The van der Waals surface area contributed by atoms with E-state index in [4.69, 9.17) is 0 Å². The fourth-order valence-corrected chi connectivity index (χ4v) is 2.83. The molecule has 4 rings (SSSR count). The van der Waals surface area contributed by atoms with E-state index in [2.05, 4.69) is 15.3 Å². The van der Waals surface area contributed by atoms with Crippen molar-refractivity contribution in [3.05, 3.63) is 70.8 Å². The summed E-state index contributed by atoms with van der Waals surface area (Å²) in [5.74, 6) is -0.0607. The highest BCUT2D eigenvalue weighted by Gasteiger charge is 2.16. The Labute approximate surface area is 157 Å². The minimum Gasteiger partial charge on any atom is -0.426 e. The Kier molecular flexibility index (Phi) is 4.00.